The van der Waals surface area contributed by atoms with E-state index in [4.69, 9.17) is 188 Å². The molecule has 14 heterocycles. The molecule has 1 aliphatic heterocycles. The molecule has 0 atom stereocenters. The number of phenolic OH excluding ortho intramolecular Hbond substituents is 2. The molecule has 0 spiro atoms. The van der Waals surface area contributed by atoms with Gasteiger partial charge < -0.3 is 64.0 Å². The first-order valence-electron chi connectivity index (χ1n) is 45.5. The Balaban J connectivity index is 0.000000141. The molecule has 0 unspecified atom stereocenters. The highest BCUT2D eigenvalue weighted by molar-refractivity contribution is 9.10. The minimum absolute atomic E-state index is 0.0363. The molecule has 0 aliphatic carbocycles. The van der Waals surface area contributed by atoms with Crippen LogP contribution < -0.4 is 30.7 Å². The Morgan fingerprint density at radius 2 is 0.741 bits per heavy atom. The number of halogens is 13. The zero-order chi connectivity index (χ0) is 106. The molecule has 1 saturated heterocycles. The predicted molar refractivity (Wildman–Crippen MR) is 583 cm³/mol. The van der Waals surface area contributed by atoms with Crippen LogP contribution in [0.5, 0.6) is 28.7 Å². The first kappa shape index (κ1) is 111. The summed E-state index contributed by atoms with van der Waals surface area (Å²) in [5.74, 6) is 1.35. The van der Waals surface area contributed by atoms with Crippen LogP contribution in [-0.4, -0.2) is 159 Å². The van der Waals surface area contributed by atoms with Crippen LogP contribution in [0.15, 0.2) is 212 Å². The average Bonchev–Trinajstić information content (AvgIpc) is 1.58. The third-order valence-corrected chi connectivity index (χ3v) is 26.6. The molecule has 0 bridgehead atoms. The number of hydrogen-bond acceptors (Lipinski definition) is 23. The van der Waals surface area contributed by atoms with E-state index in [0.29, 0.717) is 171 Å². The molecule has 13 aromatic heterocycles. The van der Waals surface area contributed by atoms with E-state index in [2.05, 4.69) is 61.1 Å². The highest BCUT2D eigenvalue weighted by Crippen LogP contribution is 2.44. The van der Waals surface area contributed by atoms with Gasteiger partial charge in [0.1, 0.15) is 78.9 Å². The molecule has 19 rings (SSSR count). The highest BCUT2D eigenvalue weighted by Gasteiger charge is 2.52. The largest absolute Gasteiger partial charge is 0.506 e. The molecule has 1 amide bonds. The van der Waals surface area contributed by atoms with E-state index in [1.807, 2.05) is 198 Å². The topological polar surface area (TPSA) is 362 Å². The van der Waals surface area contributed by atoms with Gasteiger partial charge in [0.25, 0.3) is 0 Å². The maximum absolute atomic E-state index is 12.5. The number of aromatic hydroxyl groups is 2. The number of nitrogens with two attached hydrogens (primary N) is 1. The van der Waals surface area contributed by atoms with Crippen LogP contribution in [0.3, 0.4) is 0 Å². The number of amides is 1. The van der Waals surface area contributed by atoms with Gasteiger partial charge in [0.15, 0.2) is 5.65 Å². The smallest absolute Gasteiger partial charge is 0.496 e. The molecule has 147 heavy (non-hydrogen) atoms. The summed E-state index contributed by atoms with van der Waals surface area (Å²) in [7, 11) is -0.606. The van der Waals surface area contributed by atoms with E-state index in [9.17, 15) is 29.4 Å². The number of ether oxygens (including phenoxy) is 6. The monoisotopic (exact) mass is 2290 g/mol. The highest BCUT2D eigenvalue weighted by atomic mass is 79.9. The van der Waals surface area contributed by atoms with Crippen molar-refractivity contribution >= 4 is 242 Å². The normalized spacial score (nSPS) is 12.3. The number of benzene rings is 5. The van der Waals surface area contributed by atoms with Gasteiger partial charge in [0.05, 0.1) is 189 Å². The number of nitrogens with zero attached hydrogens (tertiary/aromatic N) is 13. The Morgan fingerprint density at radius 3 is 1.14 bits per heavy atom. The predicted octanol–water partition coefficient (Wildman–Crippen LogP) is 25.9. The summed E-state index contributed by atoms with van der Waals surface area (Å²) >= 11 is 77.4. The Bertz CT molecular complexity index is 7920. The second kappa shape index (κ2) is 49.4. The molecule has 1 fully saturated rings. The lowest BCUT2D eigenvalue weighted by Gasteiger charge is -2.32. The lowest BCUT2D eigenvalue weighted by molar-refractivity contribution is -0.143. The van der Waals surface area contributed by atoms with Crippen molar-refractivity contribution in [1.29, 1.82) is 0 Å². The number of hydrogen-bond donors (Lipinski definition) is 5. The molecule has 762 valence electrons. The zero-order valence-corrected chi connectivity index (χ0v) is 90.7. The number of aromatic nitrogens is 14. The number of carbonyl (C=O) groups excluding carboxylic acids is 4. The minimum atomic E-state index is -0.606. The summed E-state index contributed by atoms with van der Waals surface area (Å²) in [5, 5.41) is 27.0. The third-order valence-electron chi connectivity index (χ3n) is 22.4. The molecule has 18 aromatic rings. The molecule has 30 nitrogen and oxygen atoms in total. The lowest BCUT2D eigenvalue weighted by atomic mass is 9.79. The molecule has 0 saturated carbocycles. The van der Waals surface area contributed by atoms with Crippen molar-refractivity contribution in [2.45, 2.75) is 113 Å². The van der Waals surface area contributed by atoms with Crippen LogP contribution in [0.2, 0.25) is 60.5 Å². The number of nitrogen functional groups attached to an aromatic ring is 1. The van der Waals surface area contributed by atoms with Crippen LogP contribution in [0.25, 0.3) is 84.4 Å². The second-order valence-corrected chi connectivity index (χ2v) is 38.8. The number of carbonyl (C=O) groups is 4. The minimum Gasteiger partial charge on any atom is -0.506 e. The van der Waals surface area contributed by atoms with E-state index in [-0.39, 0.29) is 82.0 Å². The molecule has 0 radical (unpaired) electrons. The van der Waals surface area contributed by atoms with Crippen molar-refractivity contribution < 1.29 is 67.1 Å². The van der Waals surface area contributed by atoms with Crippen molar-refractivity contribution in [2.24, 2.45) is 0 Å². The number of phenols is 2. The maximum atomic E-state index is 12.5. The number of anilines is 2. The van der Waals surface area contributed by atoms with E-state index in [0.717, 1.165) is 72.4 Å². The Morgan fingerprint density at radius 1 is 0.395 bits per heavy atom. The molecule has 1 aliphatic rings. The molecule has 5 aromatic carbocycles. The van der Waals surface area contributed by atoms with Crippen molar-refractivity contribution in [1.82, 2.24) is 66.9 Å². The van der Waals surface area contributed by atoms with Crippen LogP contribution in [-0.2, 0) is 74.8 Å². The fourth-order valence-corrected chi connectivity index (χ4v) is 18.4. The maximum Gasteiger partial charge on any atom is 0.496 e. The van der Waals surface area contributed by atoms with Crippen LogP contribution >= 0.6 is 155 Å². The first-order valence-corrected chi connectivity index (χ1v) is 50.9. The van der Waals surface area contributed by atoms with Gasteiger partial charge in [-0.1, -0.05) is 170 Å². The molecule has 6 N–H and O–H groups in total. The van der Waals surface area contributed by atoms with Crippen molar-refractivity contribution in [3.8, 4) is 73.8 Å². The summed E-state index contributed by atoms with van der Waals surface area (Å²) in [6, 6.07) is 51.6. The van der Waals surface area contributed by atoms with E-state index >= 15 is 0 Å². The third kappa shape index (κ3) is 27.2. The van der Waals surface area contributed by atoms with Crippen molar-refractivity contribution in [3.05, 3.63) is 306 Å². The number of esters is 3. The molecular formula is C103H92BBrCl12N16O14. The number of fused-ring (bicyclic) bond motifs is 6. The first-order chi connectivity index (χ1) is 70.2. The van der Waals surface area contributed by atoms with Gasteiger partial charge in [-0.05, 0) is 231 Å². The number of rotatable bonds is 25. The quantitative estimate of drug-likeness (QED) is 0.0154. The van der Waals surface area contributed by atoms with Crippen molar-refractivity contribution in [3.63, 3.8) is 0 Å². The Hall–Kier alpha value is -12.1. The van der Waals surface area contributed by atoms with E-state index in [1.54, 1.807) is 75.6 Å². The van der Waals surface area contributed by atoms with Gasteiger partial charge in [-0.3, -0.25) is 41.2 Å². The fourth-order valence-electron chi connectivity index (χ4n) is 15.2. The number of imidazole rings is 6. The number of H-pyrrole nitrogens is 1. The van der Waals surface area contributed by atoms with Gasteiger partial charge in [-0.15, -0.1) is 0 Å². The standard InChI is InChI=1S/C22H18Cl3N5O2.C22H16Cl3N5O.C19H18Cl2N2O3.C17H14Cl2N2O3.C12H15BCl2O3.C11H11BrN2O2/c1-2-32-18-9-13(14(23)10-15(18)24)17-4-3-5-20-27-12(11-30(17)20)8-21(31)28-16-6-7-19(25)29-22(16)26;1-2-31-18-9-13(14(23)10-15(18)24)17-4-3-5-21-26-12(11-30(17)21)8-20-27-16-6-7-19(25)28-22(16)29-20;1-3-25-17-9-13(14(20)10-15(17)21)16-6-5-7-18-22-12(11-23(16)18)8-19(24)26-4-2;1-2-24-17(23)6-10-9-21-14(4-3-5-16(21)20-10)11-7-15(22)13(19)8-12(11)18;1-11(2)12(3,4)18-13(17-11)7-5-10(16)9(15)6-8(7)14;1-2-16-11(15)6-8-7-14-9(12)4-3-5-10(14)13-8/h3-7,9-11H,2,8H2,1H3,(H2,26,29)(H,28,31);3-7,9-11H,2,8H2,1H3,(H,27,28,29);5-7,9-11H,3-4,8H2,1-2H3;3-5,7-9,22H,2,6H2,1H3;5-6,16H,1-4H3;3-5,7H,2,6H2,1H3. The SMILES string of the molecule is CC1(C)OB(c2cc(O)c(Cl)cc2Cl)OC1(C)C.CCOC(=O)Cc1cn2c(-c3cc(O)c(Cl)cc3Cl)cccc2n1.CCOC(=O)Cc1cn2c(-c3cc(OCC)c(Cl)cc3Cl)cccc2n1.CCOC(=O)Cc1cn2c(Br)cccc2n1.CCOc1cc(-c2cccc3nc(CC(=O)Nc4ccc(Cl)nc4N)cn23)c(Cl)cc1Cl.CCOc1cc(-c2cccc3nc(Cc4nc5nc(Cl)ccc5[nH]4)cn23)c(Cl)cc1Cl. The Labute approximate surface area is 912 Å². The van der Waals surface area contributed by atoms with Gasteiger partial charge in [0.2, 0.25) is 5.91 Å². The second-order valence-electron chi connectivity index (χ2n) is 33.2. The van der Waals surface area contributed by atoms with Crippen molar-refractivity contribution in [2.75, 3.05) is 50.7 Å². The average molecular weight is 2290 g/mol. The van der Waals surface area contributed by atoms with Crippen LogP contribution in [0, 0.1) is 0 Å². The summed E-state index contributed by atoms with van der Waals surface area (Å²) in [4.78, 5) is 85.7. The lowest BCUT2D eigenvalue weighted by Crippen LogP contribution is -2.41. The van der Waals surface area contributed by atoms with Gasteiger partial charge in [0, 0.05) is 70.1 Å². The summed E-state index contributed by atoms with van der Waals surface area (Å²) < 4.78 is 53.7. The summed E-state index contributed by atoms with van der Waals surface area (Å²) in [6.45, 7) is 21.4. The van der Waals surface area contributed by atoms with Crippen LogP contribution in [0.4, 0.5) is 11.5 Å². The summed E-state index contributed by atoms with van der Waals surface area (Å²) in [5.41, 5.74) is 20.5. The number of aromatic amines is 1. The van der Waals surface area contributed by atoms with Crippen LogP contribution in [0.1, 0.15) is 104 Å². The zero-order valence-electron chi connectivity index (χ0n) is 80.1. The van der Waals surface area contributed by atoms with Gasteiger partial charge in [-0.25, -0.2) is 39.9 Å². The number of nitrogens with one attached hydrogen (secondary N) is 2. The summed E-state index contributed by atoms with van der Waals surface area (Å²) in [6.07, 6.45) is 10.1. The number of pyridine rings is 7. The molecule has 44 heteroatoms. The van der Waals surface area contributed by atoms with E-state index < -0.39 is 18.3 Å². The molecular weight excluding hydrogens is 2200 g/mol. The Kier molecular flexibility index (Phi) is 37.2. The van der Waals surface area contributed by atoms with Gasteiger partial charge >= 0.3 is 25.0 Å². The van der Waals surface area contributed by atoms with E-state index in [1.165, 1.54) is 24.3 Å². The van der Waals surface area contributed by atoms with Gasteiger partial charge in [-0.2, -0.15) is 0 Å². The fraction of sp³-hybridized carbons (Fsp3) is 0.223.